The maximum absolute atomic E-state index is 11.8. The van der Waals surface area contributed by atoms with Gasteiger partial charge in [0.25, 0.3) is 0 Å². The predicted octanol–water partition coefficient (Wildman–Crippen LogP) is 2.32. The summed E-state index contributed by atoms with van der Waals surface area (Å²) in [4.78, 5) is 11.8. The van der Waals surface area contributed by atoms with Gasteiger partial charge in [0.05, 0.1) is 6.04 Å². The van der Waals surface area contributed by atoms with Crippen LogP contribution < -0.4 is 10.6 Å². The van der Waals surface area contributed by atoms with Crippen molar-refractivity contribution in [2.75, 3.05) is 6.54 Å². The van der Waals surface area contributed by atoms with Gasteiger partial charge in [-0.25, -0.2) is 0 Å². The molecule has 0 aromatic rings. The summed E-state index contributed by atoms with van der Waals surface area (Å²) in [6, 6.07) is 0.379. The molecule has 0 bridgehead atoms. The highest BCUT2D eigenvalue weighted by atomic mass is 16.2. The van der Waals surface area contributed by atoms with Gasteiger partial charge in [0.2, 0.25) is 5.91 Å². The molecule has 3 nitrogen and oxygen atoms in total. The van der Waals surface area contributed by atoms with Crippen molar-refractivity contribution in [1.82, 2.24) is 10.6 Å². The molecule has 0 aromatic carbocycles. The van der Waals surface area contributed by atoms with Gasteiger partial charge in [0.15, 0.2) is 0 Å². The van der Waals surface area contributed by atoms with Crippen molar-refractivity contribution in [3.05, 3.63) is 0 Å². The number of carbonyl (C=O) groups is 1. The average molecular weight is 240 g/mol. The molecular weight excluding hydrogens is 212 g/mol. The fourth-order valence-electron chi connectivity index (χ4n) is 2.06. The van der Waals surface area contributed by atoms with Crippen LogP contribution in [-0.4, -0.2) is 24.5 Å². The molecule has 0 spiro atoms. The number of hydrogen-bond donors (Lipinski definition) is 2. The molecule has 0 radical (unpaired) electrons. The van der Waals surface area contributed by atoms with E-state index in [1.54, 1.807) is 0 Å². The summed E-state index contributed by atoms with van der Waals surface area (Å²) in [6.07, 6.45) is 5.02. The molecule has 2 atom stereocenters. The minimum absolute atomic E-state index is 0.0732. The fourth-order valence-corrected chi connectivity index (χ4v) is 2.06. The van der Waals surface area contributed by atoms with Crippen molar-refractivity contribution in [3.8, 4) is 0 Å². The smallest absolute Gasteiger partial charge is 0.236 e. The van der Waals surface area contributed by atoms with Gasteiger partial charge in [-0.1, -0.05) is 26.7 Å². The molecule has 2 N–H and O–H groups in total. The first-order valence-corrected chi connectivity index (χ1v) is 7.02. The van der Waals surface area contributed by atoms with Crippen LogP contribution in [0.4, 0.5) is 0 Å². The van der Waals surface area contributed by atoms with Crippen molar-refractivity contribution in [1.29, 1.82) is 0 Å². The quantitative estimate of drug-likeness (QED) is 0.683. The van der Waals surface area contributed by atoms with Crippen LogP contribution in [0.1, 0.15) is 53.4 Å². The van der Waals surface area contributed by atoms with Gasteiger partial charge in [0, 0.05) is 12.6 Å². The van der Waals surface area contributed by atoms with Gasteiger partial charge in [-0.15, -0.1) is 0 Å². The highest BCUT2D eigenvalue weighted by Crippen LogP contribution is 2.33. The average Bonchev–Trinajstić information content (AvgIpc) is 3.00. The lowest BCUT2D eigenvalue weighted by molar-refractivity contribution is -0.122. The van der Waals surface area contributed by atoms with E-state index in [4.69, 9.17) is 0 Å². The van der Waals surface area contributed by atoms with Crippen LogP contribution >= 0.6 is 0 Å². The molecule has 17 heavy (non-hydrogen) atoms. The Bertz CT molecular complexity index is 236. The topological polar surface area (TPSA) is 41.1 Å². The molecule has 1 saturated carbocycles. The second-order valence-electron chi connectivity index (χ2n) is 5.94. The molecule has 0 saturated heterocycles. The van der Waals surface area contributed by atoms with E-state index in [9.17, 15) is 4.79 Å². The standard InChI is InChI=1S/C14H28N2O/c1-10(2)7-8-15-14(17)12(4)16-11(3)9-13-5-6-13/h10-13,16H,5-9H2,1-4H3,(H,15,17). The van der Waals surface area contributed by atoms with Crippen molar-refractivity contribution < 1.29 is 4.79 Å². The van der Waals surface area contributed by atoms with E-state index in [0.717, 1.165) is 18.9 Å². The Kier molecular flexibility index (Phi) is 5.96. The van der Waals surface area contributed by atoms with Crippen LogP contribution in [0.5, 0.6) is 0 Å². The first-order valence-electron chi connectivity index (χ1n) is 7.02. The zero-order valence-corrected chi connectivity index (χ0v) is 11.8. The lowest BCUT2D eigenvalue weighted by Crippen LogP contribution is -2.46. The molecule has 1 aliphatic rings. The number of rotatable bonds is 8. The van der Waals surface area contributed by atoms with Crippen LogP contribution in [0.15, 0.2) is 0 Å². The van der Waals surface area contributed by atoms with Crippen molar-refractivity contribution in [2.24, 2.45) is 11.8 Å². The molecule has 2 unspecified atom stereocenters. The molecule has 0 aliphatic heterocycles. The largest absolute Gasteiger partial charge is 0.355 e. The van der Waals surface area contributed by atoms with E-state index in [0.29, 0.717) is 12.0 Å². The summed E-state index contributed by atoms with van der Waals surface area (Å²) in [7, 11) is 0. The van der Waals surface area contributed by atoms with Crippen LogP contribution in [0.25, 0.3) is 0 Å². The van der Waals surface area contributed by atoms with E-state index < -0.39 is 0 Å². The first kappa shape index (κ1) is 14.5. The normalized spacial score (nSPS) is 19.1. The minimum atomic E-state index is -0.0732. The molecule has 1 rings (SSSR count). The lowest BCUT2D eigenvalue weighted by atomic mass is 10.1. The van der Waals surface area contributed by atoms with E-state index in [-0.39, 0.29) is 11.9 Å². The third-order valence-corrected chi connectivity index (χ3v) is 3.33. The van der Waals surface area contributed by atoms with Gasteiger partial charge < -0.3 is 10.6 Å². The Morgan fingerprint density at radius 3 is 2.41 bits per heavy atom. The van der Waals surface area contributed by atoms with Crippen LogP contribution in [0.3, 0.4) is 0 Å². The highest BCUT2D eigenvalue weighted by molar-refractivity contribution is 5.81. The molecule has 100 valence electrons. The first-order chi connectivity index (χ1) is 7.99. The van der Waals surface area contributed by atoms with Gasteiger partial charge in [-0.05, 0) is 38.5 Å². The minimum Gasteiger partial charge on any atom is -0.355 e. The van der Waals surface area contributed by atoms with E-state index in [2.05, 4.69) is 31.4 Å². The predicted molar refractivity (Wildman–Crippen MR) is 71.9 cm³/mol. The van der Waals surface area contributed by atoms with Crippen molar-refractivity contribution in [3.63, 3.8) is 0 Å². The summed E-state index contributed by atoms with van der Waals surface area (Å²) < 4.78 is 0. The molecule has 1 amide bonds. The van der Waals surface area contributed by atoms with Gasteiger partial charge in [-0.2, -0.15) is 0 Å². The zero-order chi connectivity index (χ0) is 12.8. The molecule has 1 fully saturated rings. The van der Waals surface area contributed by atoms with E-state index in [1.165, 1.54) is 19.3 Å². The number of nitrogens with one attached hydrogen (secondary N) is 2. The second kappa shape index (κ2) is 7.00. The number of carbonyl (C=O) groups excluding carboxylic acids is 1. The third-order valence-electron chi connectivity index (χ3n) is 3.33. The molecule has 0 aromatic heterocycles. The Balaban J connectivity index is 2.11. The van der Waals surface area contributed by atoms with Crippen LogP contribution in [0, 0.1) is 11.8 Å². The second-order valence-corrected chi connectivity index (χ2v) is 5.94. The maximum Gasteiger partial charge on any atom is 0.236 e. The molecule has 0 heterocycles. The number of hydrogen-bond acceptors (Lipinski definition) is 2. The Hall–Kier alpha value is -0.570. The highest BCUT2D eigenvalue weighted by Gasteiger charge is 2.24. The SMILES string of the molecule is CC(C)CCNC(=O)C(C)NC(C)CC1CC1. The summed E-state index contributed by atoms with van der Waals surface area (Å²) in [5.74, 6) is 1.69. The Morgan fingerprint density at radius 1 is 1.24 bits per heavy atom. The monoisotopic (exact) mass is 240 g/mol. The third kappa shape index (κ3) is 6.67. The summed E-state index contributed by atoms with van der Waals surface area (Å²) in [5, 5.41) is 6.36. The van der Waals surface area contributed by atoms with Crippen LogP contribution in [-0.2, 0) is 4.79 Å². The maximum atomic E-state index is 11.8. The van der Waals surface area contributed by atoms with Crippen LogP contribution in [0.2, 0.25) is 0 Å². The fraction of sp³-hybridized carbons (Fsp3) is 0.929. The summed E-state index contributed by atoms with van der Waals surface area (Å²) in [6.45, 7) is 9.26. The summed E-state index contributed by atoms with van der Waals surface area (Å²) >= 11 is 0. The zero-order valence-electron chi connectivity index (χ0n) is 11.8. The Morgan fingerprint density at radius 2 is 1.88 bits per heavy atom. The van der Waals surface area contributed by atoms with Crippen molar-refractivity contribution >= 4 is 5.91 Å². The molecule has 1 aliphatic carbocycles. The summed E-state index contributed by atoms with van der Waals surface area (Å²) in [5.41, 5.74) is 0. The van der Waals surface area contributed by atoms with Gasteiger partial charge >= 0.3 is 0 Å². The van der Waals surface area contributed by atoms with E-state index >= 15 is 0 Å². The van der Waals surface area contributed by atoms with Crippen molar-refractivity contribution in [2.45, 2.75) is 65.5 Å². The van der Waals surface area contributed by atoms with E-state index in [1.807, 2.05) is 6.92 Å². The van der Waals surface area contributed by atoms with Gasteiger partial charge in [-0.3, -0.25) is 4.79 Å². The molecule has 3 heteroatoms. The van der Waals surface area contributed by atoms with Gasteiger partial charge in [0.1, 0.15) is 0 Å². The number of amides is 1. The molecular formula is C14H28N2O. The lowest BCUT2D eigenvalue weighted by Gasteiger charge is -2.19. The Labute approximate surface area is 106 Å².